The van der Waals surface area contributed by atoms with E-state index in [2.05, 4.69) is 15.5 Å². The predicted molar refractivity (Wildman–Crippen MR) is 57.1 cm³/mol. The molecule has 4 N–H and O–H groups in total. The minimum absolute atomic E-state index is 0.142. The number of nitrogens with one attached hydrogen (secondary N) is 1. The number of rotatable bonds is 5. The molecule has 7 heteroatoms. The SMILES string of the molecule is NC(CCCNC(=O)c1cncs1)=NO. The topological polar surface area (TPSA) is 101 Å². The summed E-state index contributed by atoms with van der Waals surface area (Å²) in [5.74, 6) is 0.0269. The molecule has 0 bridgehead atoms. The highest BCUT2D eigenvalue weighted by Crippen LogP contribution is 2.04. The highest BCUT2D eigenvalue weighted by atomic mass is 32.1. The van der Waals surface area contributed by atoms with Gasteiger partial charge in [-0.2, -0.15) is 0 Å². The van der Waals surface area contributed by atoms with Crippen molar-refractivity contribution in [1.29, 1.82) is 0 Å². The first-order valence-corrected chi connectivity index (χ1v) is 5.25. The molecule has 0 atom stereocenters. The minimum Gasteiger partial charge on any atom is -0.409 e. The summed E-state index contributed by atoms with van der Waals surface area (Å²) in [6.07, 6.45) is 2.61. The van der Waals surface area contributed by atoms with Crippen LogP contribution in [-0.2, 0) is 0 Å². The second-order valence-corrected chi connectivity index (χ2v) is 3.70. The van der Waals surface area contributed by atoms with Gasteiger partial charge in [-0.25, -0.2) is 0 Å². The predicted octanol–water partition coefficient (Wildman–Crippen LogP) is 0.399. The molecule has 0 saturated carbocycles. The van der Waals surface area contributed by atoms with Gasteiger partial charge in [-0.15, -0.1) is 11.3 Å². The molecule has 0 aliphatic carbocycles. The van der Waals surface area contributed by atoms with Crippen LogP contribution in [0, 0.1) is 0 Å². The first-order chi connectivity index (χ1) is 7.24. The molecular formula is C8H12N4O2S. The molecule has 1 heterocycles. The lowest BCUT2D eigenvalue weighted by Crippen LogP contribution is -2.24. The molecule has 1 aromatic heterocycles. The van der Waals surface area contributed by atoms with Crippen LogP contribution in [0.3, 0.4) is 0 Å². The summed E-state index contributed by atoms with van der Waals surface area (Å²) in [6, 6.07) is 0. The van der Waals surface area contributed by atoms with Crippen molar-refractivity contribution in [3.63, 3.8) is 0 Å². The van der Waals surface area contributed by atoms with Gasteiger partial charge in [0.1, 0.15) is 10.7 Å². The third-order valence-electron chi connectivity index (χ3n) is 1.68. The van der Waals surface area contributed by atoms with Crippen molar-refractivity contribution in [3.05, 3.63) is 16.6 Å². The van der Waals surface area contributed by atoms with E-state index >= 15 is 0 Å². The number of aromatic nitrogens is 1. The quantitative estimate of drug-likeness (QED) is 0.223. The maximum atomic E-state index is 11.4. The maximum Gasteiger partial charge on any atom is 0.262 e. The van der Waals surface area contributed by atoms with Crippen molar-refractivity contribution in [1.82, 2.24) is 10.3 Å². The number of hydrogen-bond donors (Lipinski definition) is 3. The molecule has 0 unspecified atom stereocenters. The van der Waals surface area contributed by atoms with E-state index in [-0.39, 0.29) is 11.7 Å². The van der Waals surface area contributed by atoms with Crippen LogP contribution in [0.4, 0.5) is 0 Å². The number of nitrogens with zero attached hydrogens (tertiary/aromatic N) is 2. The second kappa shape index (κ2) is 5.97. The van der Waals surface area contributed by atoms with Crippen molar-refractivity contribution in [3.8, 4) is 0 Å². The fraction of sp³-hybridized carbons (Fsp3) is 0.375. The number of nitrogens with two attached hydrogens (primary N) is 1. The van der Waals surface area contributed by atoms with E-state index in [0.29, 0.717) is 24.3 Å². The lowest BCUT2D eigenvalue weighted by atomic mass is 10.3. The zero-order valence-corrected chi connectivity index (χ0v) is 8.83. The molecule has 15 heavy (non-hydrogen) atoms. The third-order valence-corrected chi connectivity index (χ3v) is 2.45. The molecule has 0 aromatic carbocycles. The molecule has 0 aliphatic rings. The summed E-state index contributed by atoms with van der Waals surface area (Å²) in [7, 11) is 0. The molecular weight excluding hydrogens is 216 g/mol. The largest absolute Gasteiger partial charge is 0.409 e. The van der Waals surface area contributed by atoms with Gasteiger partial charge < -0.3 is 16.3 Å². The van der Waals surface area contributed by atoms with Gasteiger partial charge in [0.25, 0.3) is 5.91 Å². The average molecular weight is 228 g/mol. The standard InChI is InChI=1S/C8H12N4O2S/c9-7(12-14)2-1-3-11-8(13)6-4-10-5-15-6/h4-5,14H,1-3H2,(H2,9,12)(H,11,13). The third kappa shape index (κ3) is 3.94. The summed E-state index contributed by atoms with van der Waals surface area (Å²) in [5, 5.41) is 13.8. The molecule has 0 radical (unpaired) electrons. The fourth-order valence-electron chi connectivity index (χ4n) is 0.936. The Kier molecular flexibility index (Phi) is 4.55. The minimum atomic E-state index is -0.142. The van der Waals surface area contributed by atoms with Gasteiger partial charge in [0.05, 0.1) is 11.7 Å². The number of carbonyl (C=O) groups is 1. The van der Waals surface area contributed by atoms with Crippen molar-refractivity contribution in [2.24, 2.45) is 10.9 Å². The van der Waals surface area contributed by atoms with Gasteiger partial charge in [0.15, 0.2) is 0 Å². The lowest BCUT2D eigenvalue weighted by Gasteiger charge is -2.02. The number of carbonyl (C=O) groups excluding carboxylic acids is 1. The zero-order chi connectivity index (χ0) is 11.1. The van der Waals surface area contributed by atoms with Crippen LogP contribution in [0.15, 0.2) is 16.9 Å². The number of hydrogen-bond acceptors (Lipinski definition) is 5. The van der Waals surface area contributed by atoms with Crippen molar-refractivity contribution < 1.29 is 10.0 Å². The van der Waals surface area contributed by atoms with Crippen LogP contribution < -0.4 is 11.1 Å². The van der Waals surface area contributed by atoms with Gasteiger partial charge in [0, 0.05) is 13.0 Å². The Morgan fingerprint density at radius 2 is 2.53 bits per heavy atom. The first kappa shape index (κ1) is 11.4. The van der Waals surface area contributed by atoms with Crippen LogP contribution in [0.25, 0.3) is 0 Å². The Hall–Kier alpha value is -1.63. The molecule has 1 aromatic rings. The second-order valence-electron chi connectivity index (χ2n) is 2.82. The summed E-state index contributed by atoms with van der Waals surface area (Å²) in [6.45, 7) is 0.493. The molecule has 0 spiro atoms. The summed E-state index contributed by atoms with van der Waals surface area (Å²) >= 11 is 1.29. The molecule has 82 valence electrons. The smallest absolute Gasteiger partial charge is 0.262 e. The summed E-state index contributed by atoms with van der Waals surface area (Å²) in [4.78, 5) is 15.7. The molecule has 1 amide bonds. The molecule has 1 rings (SSSR count). The summed E-state index contributed by atoms with van der Waals surface area (Å²) < 4.78 is 0. The summed E-state index contributed by atoms with van der Waals surface area (Å²) in [5.41, 5.74) is 6.87. The highest BCUT2D eigenvalue weighted by Gasteiger charge is 2.05. The van der Waals surface area contributed by atoms with Gasteiger partial charge in [-0.05, 0) is 6.42 Å². The fourth-order valence-corrected chi connectivity index (χ4v) is 1.47. The normalized spacial score (nSPS) is 11.3. The Morgan fingerprint density at radius 1 is 1.73 bits per heavy atom. The zero-order valence-electron chi connectivity index (χ0n) is 8.01. The van der Waals surface area contributed by atoms with Crippen molar-refractivity contribution in [2.45, 2.75) is 12.8 Å². The van der Waals surface area contributed by atoms with Gasteiger partial charge >= 0.3 is 0 Å². The number of amides is 1. The van der Waals surface area contributed by atoms with Crippen LogP contribution in [0.1, 0.15) is 22.5 Å². The Bertz CT molecular complexity index is 336. The van der Waals surface area contributed by atoms with Crippen LogP contribution in [-0.4, -0.2) is 28.5 Å². The number of thiazole rings is 1. The highest BCUT2D eigenvalue weighted by molar-refractivity contribution is 7.11. The Balaban J connectivity index is 2.19. The number of amidine groups is 1. The first-order valence-electron chi connectivity index (χ1n) is 4.37. The lowest BCUT2D eigenvalue weighted by molar-refractivity contribution is 0.0957. The monoisotopic (exact) mass is 228 g/mol. The number of oxime groups is 1. The van der Waals surface area contributed by atoms with Crippen LogP contribution in [0.5, 0.6) is 0 Å². The Labute approximate surface area is 90.8 Å². The average Bonchev–Trinajstić information content (AvgIpc) is 2.77. The van der Waals surface area contributed by atoms with Gasteiger partial charge in [-0.1, -0.05) is 5.16 Å². The van der Waals surface area contributed by atoms with E-state index in [1.165, 1.54) is 17.5 Å². The van der Waals surface area contributed by atoms with E-state index in [0.717, 1.165) is 0 Å². The van der Waals surface area contributed by atoms with E-state index in [1.54, 1.807) is 5.51 Å². The van der Waals surface area contributed by atoms with E-state index in [4.69, 9.17) is 10.9 Å². The van der Waals surface area contributed by atoms with Crippen LogP contribution >= 0.6 is 11.3 Å². The van der Waals surface area contributed by atoms with Gasteiger partial charge in [0.2, 0.25) is 0 Å². The van der Waals surface area contributed by atoms with E-state index in [1.807, 2.05) is 0 Å². The van der Waals surface area contributed by atoms with E-state index < -0.39 is 0 Å². The molecule has 0 saturated heterocycles. The Morgan fingerprint density at radius 3 is 3.13 bits per heavy atom. The van der Waals surface area contributed by atoms with Crippen LogP contribution in [0.2, 0.25) is 0 Å². The molecule has 0 aliphatic heterocycles. The van der Waals surface area contributed by atoms with E-state index in [9.17, 15) is 4.79 Å². The van der Waals surface area contributed by atoms with Gasteiger partial charge in [-0.3, -0.25) is 9.78 Å². The van der Waals surface area contributed by atoms with Crippen molar-refractivity contribution in [2.75, 3.05) is 6.54 Å². The molecule has 6 nitrogen and oxygen atoms in total. The molecule has 0 fully saturated rings. The maximum absolute atomic E-state index is 11.4. The van der Waals surface area contributed by atoms with Crippen molar-refractivity contribution >= 4 is 23.1 Å².